The third-order valence-electron chi connectivity index (χ3n) is 11.6. The lowest BCUT2D eigenvalue weighted by Crippen LogP contribution is -2.30. The van der Waals surface area contributed by atoms with E-state index < -0.39 is 6.10 Å². The van der Waals surface area contributed by atoms with Crippen LogP contribution in [0.25, 0.3) is 0 Å². The Balaban J connectivity index is 4.33. The van der Waals surface area contributed by atoms with Crippen LogP contribution in [0.3, 0.4) is 0 Å². The van der Waals surface area contributed by atoms with Crippen LogP contribution in [-0.2, 0) is 28.6 Å². The minimum absolute atomic E-state index is 0.0888. The predicted molar refractivity (Wildman–Crippen MR) is 288 cm³/mol. The summed E-state index contributed by atoms with van der Waals surface area (Å²) in [6, 6.07) is 0. The minimum Gasteiger partial charge on any atom is -0.462 e. The molecule has 0 aromatic heterocycles. The van der Waals surface area contributed by atoms with Gasteiger partial charge in [0.15, 0.2) is 6.10 Å². The van der Waals surface area contributed by atoms with Gasteiger partial charge in [-0.2, -0.15) is 0 Å². The van der Waals surface area contributed by atoms with Gasteiger partial charge in [-0.3, -0.25) is 14.4 Å². The van der Waals surface area contributed by atoms with Gasteiger partial charge in [0.1, 0.15) is 13.2 Å². The Morgan fingerprint density at radius 2 is 0.582 bits per heavy atom. The van der Waals surface area contributed by atoms with Crippen molar-refractivity contribution >= 4 is 17.9 Å². The van der Waals surface area contributed by atoms with E-state index >= 15 is 0 Å². The summed E-state index contributed by atoms with van der Waals surface area (Å²) < 4.78 is 16.7. The number of hydrogen-bond donors (Lipinski definition) is 0. The third kappa shape index (κ3) is 53.2. The molecule has 0 aromatic carbocycles. The topological polar surface area (TPSA) is 78.9 Å². The SMILES string of the molecule is CC/C=C\C/C=C\C/C=C\C/C=C\C/C=C\C/C=C\C/C=C\C/C=C\CCCCC(=O)OCC(COC(=O)CCCCCCCCCCC)OC(=O)CCCCCCCCCCCCCCC. The zero-order chi connectivity index (χ0) is 48.6. The molecule has 382 valence electrons. The molecular formula is C61H102O6. The highest BCUT2D eigenvalue weighted by atomic mass is 16.6. The van der Waals surface area contributed by atoms with Crippen molar-refractivity contribution in [2.75, 3.05) is 13.2 Å². The van der Waals surface area contributed by atoms with Gasteiger partial charge < -0.3 is 14.2 Å². The van der Waals surface area contributed by atoms with Crippen LogP contribution in [0.1, 0.15) is 252 Å². The zero-order valence-electron chi connectivity index (χ0n) is 43.6. The second-order valence-corrected chi connectivity index (χ2v) is 18.1. The molecule has 0 heterocycles. The molecular weight excluding hydrogens is 829 g/mol. The largest absolute Gasteiger partial charge is 0.462 e. The number of carbonyl (C=O) groups is 3. The molecule has 0 radical (unpaired) electrons. The van der Waals surface area contributed by atoms with Crippen LogP contribution < -0.4 is 0 Å². The summed E-state index contributed by atoms with van der Waals surface area (Å²) in [5.74, 6) is -0.936. The molecule has 0 amide bonds. The van der Waals surface area contributed by atoms with Crippen molar-refractivity contribution in [2.24, 2.45) is 0 Å². The van der Waals surface area contributed by atoms with Crippen LogP contribution >= 0.6 is 0 Å². The molecule has 0 aliphatic carbocycles. The van der Waals surface area contributed by atoms with Crippen LogP contribution in [-0.4, -0.2) is 37.2 Å². The Labute approximate surface area is 413 Å². The minimum atomic E-state index is -0.791. The summed E-state index contributed by atoms with van der Waals surface area (Å²) in [5.41, 5.74) is 0. The van der Waals surface area contributed by atoms with E-state index in [9.17, 15) is 14.4 Å². The molecule has 0 saturated carbocycles. The van der Waals surface area contributed by atoms with Crippen molar-refractivity contribution in [2.45, 2.75) is 258 Å². The lowest BCUT2D eigenvalue weighted by molar-refractivity contribution is -0.167. The Morgan fingerprint density at radius 3 is 0.910 bits per heavy atom. The van der Waals surface area contributed by atoms with Gasteiger partial charge in [0.05, 0.1) is 0 Å². The standard InChI is InChI=1S/C61H102O6/c1-4-7-10-13-16-19-21-23-24-25-26-27-28-29-30-31-32-33-34-35-36-38-39-42-45-48-51-54-60(63)66-57-58(56-65-59(62)53-50-47-44-41-18-15-12-9-6-3)67-61(64)55-52-49-46-43-40-37-22-20-17-14-11-8-5-2/h7,10,16,19,23-24,26-27,29-30,32-33,35-36,39,42,58H,4-6,8-9,11-15,17-18,20-22,25,28,31,34,37-38,40-41,43-57H2,1-3H3/b10-7-,19-16-,24-23-,27-26-,30-29-,33-32-,36-35-,42-39-. The van der Waals surface area contributed by atoms with Gasteiger partial charge in [0.25, 0.3) is 0 Å². The van der Waals surface area contributed by atoms with E-state index in [1.54, 1.807) is 0 Å². The quantitative estimate of drug-likeness (QED) is 0.0262. The number of allylic oxidation sites excluding steroid dienone is 16. The molecule has 0 N–H and O–H groups in total. The summed E-state index contributed by atoms with van der Waals surface area (Å²) in [4.78, 5) is 37.9. The number of ether oxygens (including phenoxy) is 3. The molecule has 0 rings (SSSR count). The summed E-state index contributed by atoms with van der Waals surface area (Å²) >= 11 is 0. The number of carbonyl (C=O) groups excluding carboxylic acids is 3. The molecule has 0 aliphatic heterocycles. The smallest absolute Gasteiger partial charge is 0.306 e. The van der Waals surface area contributed by atoms with Crippen LogP contribution in [0.5, 0.6) is 0 Å². The summed E-state index contributed by atoms with van der Waals surface area (Å²) in [6.45, 7) is 6.47. The number of hydrogen-bond acceptors (Lipinski definition) is 6. The van der Waals surface area contributed by atoms with Crippen molar-refractivity contribution in [3.63, 3.8) is 0 Å². The van der Waals surface area contributed by atoms with E-state index in [0.29, 0.717) is 19.3 Å². The van der Waals surface area contributed by atoms with Crippen molar-refractivity contribution < 1.29 is 28.6 Å². The molecule has 0 aliphatic rings. The maximum absolute atomic E-state index is 12.8. The predicted octanol–water partition coefficient (Wildman–Crippen LogP) is 18.5. The molecule has 0 spiro atoms. The lowest BCUT2D eigenvalue weighted by atomic mass is 10.0. The van der Waals surface area contributed by atoms with Crippen molar-refractivity contribution in [1.29, 1.82) is 0 Å². The van der Waals surface area contributed by atoms with Crippen LogP contribution in [0.4, 0.5) is 0 Å². The van der Waals surface area contributed by atoms with Crippen LogP contribution in [0.2, 0.25) is 0 Å². The van der Waals surface area contributed by atoms with E-state index in [4.69, 9.17) is 14.2 Å². The molecule has 0 aromatic rings. The average molecular weight is 931 g/mol. The van der Waals surface area contributed by atoms with Crippen molar-refractivity contribution in [1.82, 2.24) is 0 Å². The summed E-state index contributed by atoms with van der Waals surface area (Å²) in [7, 11) is 0. The fourth-order valence-electron chi connectivity index (χ4n) is 7.46. The first-order chi connectivity index (χ1) is 33.0. The zero-order valence-corrected chi connectivity index (χ0v) is 43.6. The highest BCUT2D eigenvalue weighted by molar-refractivity contribution is 5.71. The number of rotatable bonds is 49. The van der Waals surface area contributed by atoms with Gasteiger partial charge in [0, 0.05) is 19.3 Å². The van der Waals surface area contributed by atoms with E-state index in [1.807, 2.05) is 0 Å². The Morgan fingerprint density at radius 1 is 0.313 bits per heavy atom. The highest BCUT2D eigenvalue weighted by Gasteiger charge is 2.19. The highest BCUT2D eigenvalue weighted by Crippen LogP contribution is 2.15. The molecule has 6 nitrogen and oxygen atoms in total. The van der Waals surface area contributed by atoms with Crippen molar-refractivity contribution in [3.05, 3.63) is 97.2 Å². The van der Waals surface area contributed by atoms with E-state index in [-0.39, 0.29) is 31.1 Å². The number of unbranched alkanes of at least 4 members (excludes halogenated alkanes) is 22. The Bertz CT molecular complexity index is 1350. The van der Waals surface area contributed by atoms with E-state index in [0.717, 1.165) is 109 Å². The molecule has 0 bridgehead atoms. The van der Waals surface area contributed by atoms with Gasteiger partial charge in [0.2, 0.25) is 0 Å². The maximum Gasteiger partial charge on any atom is 0.306 e. The van der Waals surface area contributed by atoms with Crippen LogP contribution in [0.15, 0.2) is 97.2 Å². The normalized spacial score (nSPS) is 12.8. The summed E-state index contributed by atoms with van der Waals surface area (Å²) in [6.07, 6.45) is 72.6. The third-order valence-corrected chi connectivity index (χ3v) is 11.6. The van der Waals surface area contributed by atoms with Gasteiger partial charge in [-0.05, 0) is 83.5 Å². The fourth-order valence-corrected chi connectivity index (χ4v) is 7.46. The van der Waals surface area contributed by atoms with Gasteiger partial charge in [-0.15, -0.1) is 0 Å². The van der Waals surface area contributed by atoms with Crippen LogP contribution in [0, 0.1) is 0 Å². The summed E-state index contributed by atoms with van der Waals surface area (Å²) in [5, 5.41) is 0. The molecule has 6 heteroatoms. The first kappa shape index (κ1) is 63.3. The van der Waals surface area contributed by atoms with E-state index in [2.05, 4.69) is 118 Å². The first-order valence-electron chi connectivity index (χ1n) is 27.7. The first-order valence-corrected chi connectivity index (χ1v) is 27.7. The van der Waals surface area contributed by atoms with Gasteiger partial charge in [-0.25, -0.2) is 0 Å². The van der Waals surface area contributed by atoms with Gasteiger partial charge >= 0.3 is 17.9 Å². The molecule has 67 heavy (non-hydrogen) atoms. The Kier molecular flexibility index (Phi) is 51.9. The molecule has 1 atom stereocenters. The van der Waals surface area contributed by atoms with E-state index in [1.165, 1.54) is 103 Å². The lowest BCUT2D eigenvalue weighted by Gasteiger charge is -2.18. The second-order valence-electron chi connectivity index (χ2n) is 18.1. The molecule has 0 saturated heterocycles. The fraction of sp³-hybridized carbons (Fsp3) is 0.689. The maximum atomic E-state index is 12.8. The van der Waals surface area contributed by atoms with Crippen molar-refractivity contribution in [3.8, 4) is 0 Å². The molecule has 0 fully saturated rings. The van der Waals surface area contributed by atoms with Gasteiger partial charge in [-0.1, -0.05) is 246 Å². The monoisotopic (exact) mass is 931 g/mol. The Hall–Kier alpha value is -3.67. The molecule has 1 unspecified atom stereocenters. The number of esters is 3. The average Bonchev–Trinajstić information content (AvgIpc) is 3.33. The second kappa shape index (κ2) is 54.9.